The van der Waals surface area contributed by atoms with Gasteiger partial charge in [-0.2, -0.15) is 5.10 Å². The van der Waals surface area contributed by atoms with E-state index in [-0.39, 0.29) is 11.5 Å². The van der Waals surface area contributed by atoms with E-state index in [1.165, 1.54) is 23.4 Å². The Hall–Kier alpha value is -1.52. The van der Waals surface area contributed by atoms with Crippen LogP contribution in [-0.2, 0) is 23.1 Å². The molecular formula is C18H29N3O2. The van der Waals surface area contributed by atoms with Gasteiger partial charge < -0.3 is 9.64 Å². The van der Waals surface area contributed by atoms with Crippen LogP contribution in [0.5, 0.6) is 0 Å². The van der Waals surface area contributed by atoms with E-state index in [1.807, 2.05) is 25.7 Å². The number of rotatable bonds is 1. The number of amides is 1. The number of ether oxygens (including phenoxy) is 1. The van der Waals surface area contributed by atoms with Crippen LogP contribution in [0.4, 0.5) is 4.79 Å². The van der Waals surface area contributed by atoms with E-state index in [4.69, 9.17) is 9.84 Å². The molecule has 1 aliphatic carbocycles. The summed E-state index contributed by atoms with van der Waals surface area (Å²) in [5, 5.41) is 4.90. The lowest BCUT2D eigenvalue weighted by molar-refractivity contribution is 0.0161. The summed E-state index contributed by atoms with van der Waals surface area (Å²) >= 11 is 0. The van der Waals surface area contributed by atoms with E-state index in [1.54, 1.807) is 0 Å². The second-order valence-electron chi connectivity index (χ2n) is 7.98. The number of fused-ring (bicyclic) bond motifs is 2. The highest BCUT2D eigenvalue weighted by Crippen LogP contribution is 2.46. The zero-order valence-electron chi connectivity index (χ0n) is 15.1. The van der Waals surface area contributed by atoms with Crippen molar-refractivity contribution in [1.29, 1.82) is 0 Å². The molecule has 1 aromatic rings. The molecule has 0 radical (unpaired) electrons. The van der Waals surface area contributed by atoms with Crippen molar-refractivity contribution >= 4 is 6.09 Å². The summed E-state index contributed by atoms with van der Waals surface area (Å²) in [6.45, 7) is 12.5. The van der Waals surface area contributed by atoms with Crippen molar-refractivity contribution in [2.45, 2.75) is 77.9 Å². The summed E-state index contributed by atoms with van der Waals surface area (Å²) in [5.41, 5.74) is 3.84. The van der Waals surface area contributed by atoms with Gasteiger partial charge in [0.05, 0.1) is 5.69 Å². The SMILES string of the molecule is CCn1nc2c(c1C)CCC21CCN(C(=O)OC(C)(C)C)CC1. The van der Waals surface area contributed by atoms with Gasteiger partial charge in [0.1, 0.15) is 5.60 Å². The molecule has 3 rings (SSSR count). The fourth-order valence-electron chi connectivity index (χ4n) is 4.03. The quantitative estimate of drug-likeness (QED) is 0.797. The molecule has 0 atom stereocenters. The van der Waals surface area contributed by atoms with Crippen LogP contribution >= 0.6 is 0 Å². The van der Waals surface area contributed by atoms with Gasteiger partial charge in [-0.1, -0.05) is 0 Å². The number of aromatic nitrogens is 2. The Bertz CT molecular complexity index is 605. The first-order chi connectivity index (χ1) is 10.8. The van der Waals surface area contributed by atoms with E-state index >= 15 is 0 Å². The normalized spacial score (nSPS) is 20.0. The maximum absolute atomic E-state index is 12.3. The van der Waals surface area contributed by atoms with Crippen molar-refractivity contribution in [2.75, 3.05) is 13.1 Å². The van der Waals surface area contributed by atoms with E-state index in [0.29, 0.717) is 0 Å². The zero-order chi connectivity index (χ0) is 16.8. The second-order valence-corrected chi connectivity index (χ2v) is 7.98. The number of carbonyl (C=O) groups is 1. The third kappa shape index (κ3) is 2.86. The minimum atomic E-state index is -0.427. The first-order valence-corrected chi connectivity index (χ1v) is 8.80. The zero-order valence-corrected chi connectivity index (χ0v) is 15.1. The Morgan fingerprint density at radius 2 is 1.91 bits per heavy atom. The highest BCUT2D eigenvalue weighted by Gasteiger charge is 2.45. The lowest BCUT2D eigenvalue weighted by Gasteiger charge is -2.39. The Kier molecular flexibility index (Phi) is 3.93. The van der Waals surface area contributed by atoms with Gasteiger partial charge in [0.2, 0.25) is 0 Å². The Labute approximate surface area is 139 Å². The minimum Gasteiger partial charge on any atom is -0.444 e. The molecule has 5 nitrogen and oxygen atoms in total. The van der Waals surface area contributed by atoms with Crippen LogP contribution in [-0.4, -0.2) is 39.5 Å². The van der Waals surface area contributed by atoms with Crippen LogP contribution in [0.1, 0.15) is 63.9 Å². The number of aryl methyl sites for hydroxylation is 1. The van der Waals surface area contributed by atoms with Crippen LogP contribution in [0.25, 0.3) is 0 Å². The smallest absolute Gasteiger partial charge is 0.410 e. The van der Waals surface area contributed by atoms with Gasteiger partial charge in [-0.15, -0.1) is 0 Å². The van der Waals surface area contributed by atoms with E-state index < -0.39 is 5.60 Å². The van der Waals surface area contributed by atoms with Crippen molar-refractivity contribution in [3.63, 3.8) is 0 Å². The minimum absolute atomic E-state index is 0.180. The van der Waals surface area contributed by atoms with Gasteiger partial charge in [0.25, 0.3) is 0 Å². The molecule has 128 valence electrons. The molecule has 1 aliphatic heterocycles. The molecule has 1 amide bonds. The number of nitrogens with zero attached hydrogens (tertiary/aromatic N) is 3. The summed E-state index contributed by atoms with van der Waals surface area (Å²) in [6.07, 6.45) is 4.13. The summed E-state index contributed by atoms with van der Waals surface area (Å²) < 4.78 is 7.64. The van der Waals surface area contributed by atoms with Crippen LogP contribution in [0.15, 0.2) is 0 Å². The molecular weight excluding hydrogens is 290 g/mol. The summed E-state index contributed by atoms with van der Waals surface area (Å²) in [4.78, 5) is 14.1. The summed E-state index contributed by atoms with van der Waals surface area (Å²) in [7, 11) is 0. The number of hydrogen-bond donors (Lipinski definition) is 0. The predicted octanol–water partition coefficient (Wildman–Crippen LogP) is 3.43. The van der Waals surface area contributed by atoms with Gasteiger partial charge in [-0.3, -0.25) is 4.68 Å². The molecule has 0 saturated carbocycles. The van der Waals surface area contributed by atoms with Crippen LogP contribution in [0.3, 0.4) is 0 Å². The molecule has 1 fully saturated rings. The number of hydrogen-bond acceptors (Lipinski definition) is 3. The summed E-state index contributed by atoms with van der Waals surface area (Å²) in [6, 6.07) is 0. The molecule has 5 heteroatoms. The van der Waals surface area contributed by atoms with Crippen molar-refractivity contribution < 1.29 is 9.53 Å². The molecule has 23 heavy (non-hydrogen) atoms. The maximum Gasteiger partial charge on any atom is 0.410 e. The molecule has 0 aromatic carbocycles. The van der Waals surface area contributed by atoms with Crippen molar-refractivity contribution in [2.24, 2.45) is 0 Å². The van der Waals surface area contributed by atoms with E-state index in [9.17, 15) is 4.79 Å². The average Bonchev–Trinajstić information content (AvgIpc) is 2.97. The number of likely N-dealkylation sites (tertiary alicyclic amines) is 1. The molecule has 0 unspecified atom stereocenters. The highest BCUT2D eigenvalue weighted by molar-refractivity contribution is 5.68. The van der Waals surface area contributed by atoms with Crippen LogP contribution in [0.2, 0.25) is 0 Å². The van der Waals surface area contributed by atoms with Crippen molar-refractivity contribution in [1.82, 2.24) is 14.7 Å². The van der Waals surface area contributed by atoms with Crippen LogP contribution in [0, 0.1) is 6.92 Å². The molecule has 1 spiro atoms. The third-order valence-corrected chi connectivity index (χ3v) is 5.36. The lowest BCUT2D eigenvalue weighted by atomic mass is 9.76. The Balaban J connectivity index is 1.72. The first kappa shape index (κ1) is 16.3. The van der Waals surface area contributed by atoms with Crippen LogP contribution < -0.4 is 0 Å². The largest absolute Gasteiger partial charge is 0.444 e. The Morgan fingerprint density at radius 1 is 1.26 bits per heavy atom. The first-order valence-electron chi connectivity index (χ1n) is 8.80. The number of carbonyl (C=O) groups excluding carboxylic acids is 1. The highest BCUT2D eigenvalue weighted by atomic mass is 16.6. The molecule has 1 saturated heterocycles. The lowest BCUT2D eigenvalue weighted by Crippen LogP contribution is -2.46. The monoisotopic (exact) mass is 319 g/mol. The predicted molar refractivity (Wildman–Crippen MR) is 89.7 cm³/mol. The van der Waals surface area contributed by atoms with Crippen molar-refractivity contribution in [3.05, 3.63) is 17.0 Å². The van der Waals surface area contributed by atoms with Gasteiger partial charge >= 0.3 is 6.09 Å². The van der Waals surface area contributed by atoms with Gasteiger partial charge in [0.15, 0.2) is 0 Å². The average molecular weight is 319 g/mol. The Morgan fingerprint density at radius 3 is 2.48 bits per heavy atom. The van der Waals surface area contributed by atoms with Gasteiger partial charge in [-0.25, -0.2) is 4.79 Å². The number of piperidine rings is 1. The van der Waals surface area contributed by atoms with Gasteiger partial charge in [-0.05, 0) is 65.9 Å². The van der Waals surface area contributed by atoms with Gasteiger partial charge in [0, 0.05) is 30.7 Å². The summed E-state index contributed by atoms with van der Waals surface area (Å²) in [5.74, 6) is 0. The topological polar surface area (TPSA) is 47.4 Å². The van der Waals surface area contributed by atoms with E-state index in [0.717, 1.165) is 38.9 Å². The third-order valence-electron chi connectivity index (χ3n) is 5.36. The molecule has 0 N–H and O–H groups in total. The second kappa shape index (κ2) is 5.53. The molecule has 2 aliphatic rings. The fourth-order valence-corrected chi connectivity index (χ4v) is 4.03. The van der Waals surface area contributed by atoms with Crippen molar-refractivity contribution in [3.8, 4) is 0 Å². The standard InChI is InChI=1S/C18H29N3O2/c1-6-21-13(2)14-7-8-18(15(14)19-21)9-11-20(12-10-18)16(22)23-17(3,4)5/h6-12H2,1-5H3. The van der Waals surface area contributed by atoms with E-state index in [2.05, 4.69) is 18.5 Å². The fraction of sp³-hybridized carbons (Fsp3) is 0.778. The molecule has 1 aromatic heterocycles. The maximum atomic E-state index is 12.3. The molecule has 2 heterocycles. The molecule has 0 bridgehead atoms.